The summed E-state index contributed by atoms with van der Waals surface area (Å²) in [6.45, 7) is -0.335. The van der Waals surface area contributed by atoms with Gasteiger partial charge in [-0.05, 0) is 30.3 Å². The molecule has 0 spiro atoms. The molecule has 0 fully saturated rings. The molecule has 0 aliphatic heterocycles. The summed E-state index contributed by atoms with van der Waals surface area (Å²) in [6.07, 6.45) is -3.15. The summed E-state index contributed by atoms with van der Waals surface area (Å²) < 4.78 is 44.0. The molecule has 2 heterocycles. The number of alkyl halides is 3. The van der Waals surface area contributed by atoms with E-state index in [4.69, 9.17) is 16.0 Å². The average molecular weight is 458 g/mol. The van der Waals surface area contributed by atoms with Crippen LogP contribution in [0.3, 0.4) is 0 Å². The van der Waals surface area contributed by atoms with Crippen LogP contribution in [0.25, 0.3) is 10.8 Å². The van der Waals surface area contributed by atoms with Crippen molar-refractivity contribution in [2.75, 3.05) is 18.9 Å². The Balaban J connectivity index is 1.57. The number of amides is 2. The molecule has 3 aromatic rings. The van der Waals surface area contributed by atoms with Gasteiger partial charge in [0.15, 0.2) is 10.8 Å². The molecular formula is C19H15ClF3N3O3S. The van der Waals surface area contributed by atoms with Crippen LogP contribution in [0.15, 0.2) is 46.4 Å². The van der Waals surface area contributed by atoms with Crippen molar-refractivity contribution < 1.29 is 27.2 Å². The first-order chi connectivity index (χ1) is 14.1. The molecule has 0 unspecified atom stereocenters. The monoisotopic (exact) mass is 457 g/mol. The van der Waals surface area contributed by atoms with Gasteiger partial charge in [-0.25, -0.2) is 4.98 Å². The van der Waals surface area contributed by atoms with E-state index in [0.717, 1.165) is 12.1 Å². The standard InChI is InChI=1S/C19H15ClF3N3O3S/c1-26(17(28)8-12-10-30-18(25-12)15-3-2-6-29-15)9-16(27)24-11-4-5-14(20)13(7-11)19(21,22)23/h2-7,10H,8-9H2,1H3,(H,24,27). The molecule has 1 N–H and O–H groups in total. The minimum atomic E-state index is -4.65. The molecular weight excluding hydrogens is 443 g/mol. The van der Waals surface area contributed by atoms with Crippen LogP contribution in [0.4, 0.5) is 18.9 Å². The molecule has 0 saturated carbocycles. The third-order valence-electron chi connectivity index (χ3n) is 3.98. The first kappa shape index (κ1) is 21.8. The molecule has 0 saturated heterocycles. The second kappa shape index (κ2) is 8.88. The summed E-state index contributed by atoms with van der Waals surface area (Å²) >= 11 is 6.88. The van der Waals surface area contributed by atoms with Crippen molar-refractivity contribution in [3.05, 3.63) is 58.3 Å². The summed E-state index contributed by atoms with van der Waals surface area (Å²) in [5.41, 5.74) is -0.598. The van der Waals surface area contributed by atoms with E-state index in [0.29, 0.717) is 16.5 Å². The van der Waals surface area contributed by atoms with Crippen LogP contribution in [0, 0.1) is 0 Å². The van der Waals surface area contributed by atoms with Gasteiger partial charge in [0, 0.05) is 18.1 Å². The Kier molecular flexibility index (Phi) is 6.47. The molecule has 0 bridgehead atoms. The Morgan fingerprint density at radius 2 is 2.07 bits per heavy atom. The highest BCUT2D eigenvalue weighted by atomic mass is 35.5. The molecule has 30 heavy (non-hydrogen) atoms. The number of nitrogens with one attached hydrogen (secondary N) is 1. The minimum Gasteiger partial charge on any atom is -0.462 e. The van der Waals surface area contributed by atoms with Crippen molar-refractivity contribution in [2.24, 2.45) is 0 Å². The van der Waals surface area contributed by atoms with Gasteiger partial charge < -0.3 is 14.6 Å². The fraction of sp³-hybridized carbons (Fsp3) is 0.211. The molecule has 2 aromatic heterocycles. The van der Waals surface area contributed by atoms with Gasteiger partial charge in [-0.1, -0.05) is 11.6 Å². The van der Waals surface area contributed by atoms with Crippen LogP contribution in [-0.4, -0.2) is 35.3 Å². The van der Waals surface area contributed by atoms with Crippen LogP contribution in [0.5, 0.6) is 0 Å². The maximum atomic E-state index is 12.9. The number of furan rings is 1. The van der Waals surface area contributed by atoms with Crippen LogP contribution in [0.2, 0.25) is 5.02 Å². The number of likely N-dealkylation sites (N-methyl/N-ethyl adjacent to an activating group) is 1. The first-order valence-corrected chi connectivity index (χ1v) is 9.78. The van der Waals surface area contributed by atoms with E-state index in [-0.39, 0.29) is 24.6 Å². The van der Waals surface area contributed by atoms with Gasteiger partial charge in [-0.3, -0.25) is 9.59 Å². The van der Waals surface area contributed by atoms with E-state index in [1.54, 1.807) is 17.5 Å². The Bertz CT molecular complexity index is 1050. The number of rotatable bonds is 6. The van der Waals surface area contributed by atoms with E-state index in [1.165, 1.54) is 35.6 Å². The third-order valence-corrected chi connectivity index (χ3v) is 5.21. The number of benzene rings is 1. The Morgan fingerprint density at radius 3 is 2.73 bits per heavy atom. The lowest BCUT2D eigenvalue weighted by Crippen LogP contribution is -2.35. The van der Waals surface area contributed by atoms with Gasteiger partial charge in [0.1, 0.15) is 0 Å². The second-order valence-corrected chi connectivity index (χ2v) is 7.55. The smallest absolute Gasteiger partial charge is 0.417 e. The van der Waals surface area contributed by atoms with Crippen molar-refractivity contribution >= 4 is 40.4 Å². The second-order valence-electron chi connectivity index (χ2n) is 6.29. The molecule has 2 amide bonds. The van der Waals surface area contributed by atoms with Gasteiger partial charge in [-0.2, -0.15) is 13.2 Å². The Labute approximate surface area is 178 Å². The largest absolute Gasteiger partial charge is 0.462 e. The molecule has 158 valence electrons. The fourth-order valence-corrected chi connectivity index (χ4v) is 3.53. The number of anilines is 1. The number of aromatic nitrogens is 1. The lowest BCUT2D eigenvalue weighted by Gasteiger charge is -2.17. The molecule has 1 aromatic carbocycles. The lowest BCUT2D eigenvalue weighted by atomic mass is 10.2. The van der Waals surface area contributed by atoms with Crippen LogP contribution in [-0.2, 0) is 22.2 Å². The quantitative estimate of drug-likeness (QED) is 0.581. The number of halogens is 4. The van der Waals surface area contributed by atoms with Crippen LogP contribution < -0.4 is 5.32 Å². The SMILES string of the molecule is CN(CC(=O)Nc1ccc(Cl)c(C(F)(F)F)c1)C(=O)Cc1csc(-c2ccco2)n1. The molecule has 0 aliphatic carbocycles. The number of thiazole rings is 1. The molecule has 3 rings (SSSR count). The maximum Gasteiger partial charge on any atom is 0.417 e. The summed E-state index contributed by atoms with van der Waals surface area (Å²) in [5.74, 6) is -0.419. The number of nitrogens with zero attached hydrogens (tertiary/aromatic N) is 2. The van der Waals surface area contributed by atoms with Gasteiger partial charge in [0.2, 0.25) is 11.8 Å². The number of carbonyl (C=O) groups is 2. The predicted molar refractivity (Wildman–Crippen MR) is 106 cm³/mol. The number of hydrogen-bond acceptors (Lipinski definition) is 5. The average Bonchev–Trinajstić information content (AvgIpc) is 3.33. The van der Waals surface area contributed by atoms with Crippen molar-refractivity contribution in [1.29, 1.82) is 0 Å². The Morgan fingerprint density at radius 1 is 1.30 bits per heavy atom. The van der Waals surface area contributed by atoms with Gasteiger partial charge in [0.25, 0.3) is 0 Å². The molecule has 11 heteroatoms. The highest BCUT2D eigenvalue weighted by Gasteiger charge is 2.33. The zero-order chi connectivity index (χ0) is 21.9. The predicted octanol–water partition coefficient (Wildman–Crippen LogP) is 4.71. The molecule has 0 aliphatic rings. The highest BCUT2D eigenvalue weighted by molar-refractivity contribution is 7.13. The van der Waals surface area contributed by atoms with Crippen molar-refractivity contribution in [3.8, 4) is 10.8 Å². The van der Waals surface area contributed by atoms with Crippen LogP contribution in [0.1, 0.15) is 11.3 Å². The van der Waals surface area contributed by atoms with Gasteiger partial charge in [-0.15, -0.1) is 11.3 Å². The van der Waals surface area contributed by atoms with E-state index in [1.807, 2.05) is 0 Å². The Hall–Kier alpha value is -2.85. The van der Waals surface area contributed by atoms with E-state index < -0.39 is 22.7 Å². The lowest BCUT2D eigenvalue weighted by molar-refractivity contribution is -0.137. The zero-order valence-corrected chi connectivity index (χ0v) is 17.1. The summed E-state index contributed by atoms with van der Waals surface area (Å²) in [4.78, 5) is 30.0. The molecule has 0 atom stereocenters. The summed E-state index contributed by atoms with van der Waals surface area (Å²) in [5, 5.41) is 4.22. The van der Waals surface area contributed by atoms with E-state index in [2.05, 4.69) is 10.3 Å². The highest BCUT2D eigenvalue weighted by Crippen LogP contribution is 2.36. The minimum absolute atomic E-state index is 0.0276. The van der Waals surface area contributed by atoms with Crippen molar-refractivity contribution in [3.63, 3.8) is 0 Å². The maximum absolute atomic E-state index is 12.9. The normalized spacial score (nSPS) is 11.4. The molecule has 6 nitrogen and oxygen atoms in total. The summed E-state index contributed by atoms with van der Waals surface area (Å²) in [7, 11) is 1.42. The van der Waals surface area contributed by atoms with Crippen LogP contribution >= 0.6 is 22.9 Å². The van der Waals surface area contributed by atoms with Gasteiger partial charge >= 0.3 is 6.18 Å². The van der Waals surface area contributed by atoms with E-state index >= 15 is 0 Å². The first-order valence-electron chi connectivity index (χ1n) is 8.52. The third kappa shape index (κ3) is 5.39. The fourth-order valence-electron chi connectivity index (χ4n) is 2.52. The van der Waals surface area contributed by atoms with E-state index in [9.17, 15) is 22.8 Å². The van der Waals surface area contributed by atoms with Gasteiger partial charge in [0.05, 0.1) is 35.5 Å². The summed E-state index contributed by atoms with van der Waals surface area (Å²) in [6, 6.07) is 6.53. The number of carbonyl (C=O) groups excluding carboxylic acids is 2. The zero-order valence-electron chi connectivity index (χ0n) is 15.5. The molecule has 0 radical (unpaired) electrons. The van der Waals surface area contributed by atoms with Crippen molar-refractivity contribution in [1.82, 2.24) is 9.88 Å². The van der Waals surface area contributed by atoms with Crippen molar-refractivity contribution in [2.45, 2.75) is 12.6 Å². The topological polar surface area (TPSA) is 75.4 Å². The number of hydrogen-bond donors (Lipinski definition) is 1.